The Hall–Kier alpha value is -4.12. The maximum absolute atomic E-state index is 14.7. The van der Waals surface area contributed by atoms with Gasteiger partial charge in [0.15, 0.2) is 11.5 Å². The van der Waals surface area contributed by atoms with Crippen LogP contribution in [0, 0.1) is 19.7 Å². The quantitative estimate of drug-likeness (QED) is 0.308. The molecule has 0 saturated heterocycles. The van der Waals surface area contributed by atoms with Crippen LogP contribution in [0.3, 0.4) is 0 Å². The first-order valence-electron chi connectivity index (χ1n) is 13.6. The summed E-state index contributed by atoms with van der Waals surface area (Å²) < 4.78 is 54.6. The Labute approximate surface area is 247 Å². The highest BCUT2D eigenvalue weighted by Gasteiger charge is 2.33. The molecule has 1 N–H and O–H groups in total. The molecule has 3 aromatic carbocycles. The summed E-state index contributed by atoms with van der Waals surface area (Å²) >= 11 is 0. The summed E-state index contributed by atoms with van der Waals surface area (Å²) in [5, 5.41) is 2.76. The topological polar surface area (TPSA) is 105 Å². The van der Waals surface area contributed by atoms with Crippen molar-refractivity contribution in [2.45, 2.75) is 51.6 Å². The molecule has 0 unspecified atom stereocenters. The summed E-state index contributed by atoms with van der Waals surface area (Å²) in [6.07, 6.45) is 0.684. The van der Waals surface area contributed by atoms with Crippen molar-refractivity contribution in [3.8, 4) is 11.5 Å². The number of amides is 2. The Morgan fingerprint density at radius 2 is 1.60 bits per heavy atom. The summed E-state index contributed by atoms with van der Waals surface area (Å²) in [6.45, 7) is 6.60. The fraction of sp³-hybridized carbons (Fsp3) is 0.355. The SMILES string of the molecule is CCCNC(=O)[C@H](C)N(Cc1ccccc1F)C(=O)CN(c1cc(C)cc(C)c1)S(=O)(=O)c1ccc(OC)c(OC)c1. The van der Waals surface area contributed by atoms with Gasteiger partial charge < -0.3 is 19.7 Å². The van der Waals surface area contributed by atoms with Crippen molar-refractivity contribution in [3.05, 3.63) is 83.2 Å². The van der Waals surface area contributed by atoms with Crippen LogP contribution < -0.4 is 19.1 Å². The predicted molar refractivity (Wildman–Crippen MR) is 160 cm³/mol. The molecule has 42 heavy (non-hydrogen) atoms. The first-order valence-corrected chi connectivity index (χ1v) is 15.0. The molecular formula is C31H38FN3O6S. The molecule has 0 aliphatic heterocycles. The standard InChI is InChI=1S/C31H38FN3O6S/c1-7-14-33-31(37)23(4)34(19-24-10-8-9-11-27(24)32)30(36)20-35(25-16-21(2)15-22(3)17-25)42(38,39)26-12-13-28(40-5)29(18-26)41-6/h8-13,15-18,23H,7,14,19-20H2,1-6H3,(H,33,37)/t23-/m0/s1. The second-order valence-corrected chi connectivity index (χ2v) is 11.8. The fourth-order valence-corrected chi connectivity index (χ4v) is 5.93. The maximum atomic E-state index is 14.7. The van der Waals surface area contributed by atoms with Crippen LogP contribution in [0.5, 0.6) is 11.5 Å². The number of sulfonamides is 1. The van der Waals surface area contributed by atoms with Gasteiger partial charge >= 0.3 is 0 Å². The number of rotatable bonds is 13. The second-order valence-electron chi connectivity index (χ2n) is 9.95. The number of hydrogen-bond acceptors (Lipinski definition) is 6. The van der Waals surface area contributed by atoms with Gasteiger partial charge in [0.25, 0.3) is 10.0 Å². The number of nitrogens with one attached hydrogen (secondary N) is 1. The van der Waals surface area contributed by atoms with Gasteiger partial charge in [-0.15, -0.1) is 0 Å². The number of benzene rings is 3. The molecule has 226 valence electrons. The Kier molecular flexibility index (Phi) is 10.9. The van der Waals surface area contributed by atoms with Crippen LogP contribution in [0.2, 0.25) is 0 Å². The third kappa shape index (κ3) is 7.58. The minimum absolute atomic E-state index is 0.124. The van der Waals surface area contributed by atoms with Crippen LogP contribution in [-0.2, 0) is 26.2 Å². The summed E-state index contributed by atoms with van der Waals surface area (Å²) in [5.74, 6) is -1.11. The van der Waals surface area contributed by atoms with E-state index in [-0.39, 0.29) is 28.4 Å². The van der Waals surface area contributed by atoms with Gasteiger partial charge in [-0.1, -0.05) is 31.2 Å². The van der Waals surface area contributed by atoms with Crippen molar-refractivity contribution in [1.82, 2.24) is 10.2 Å². The Balaban J connectivity index is 2.11. The zero-order chi connectivity index (χ0) is 31.0. The number of methoxy groups -OCH3 is 2. The number of halogens is 1. The van der Waals surface area contributed by atoms with Crippen molar-refractivity contribution in [2.24, 2.45) is 0 Å². The molecule has 0 aliphatic rings. The molecular weight excluding hydrogens is 561 g/mol. The lowest BCUT2D eigenvalue weighted by atomic mass is 10.1. The molecule has 2 amide bonds. The molecule has 1 atom stereocenters. The van der Waals surface area contributed by atoms with Gasteiger partial charge in [-0.25, -0.2) is 12.8 Å². The highest BCUT2D eigenvalue weighted by molar-refractivity contribution is 7.92. The highest BCUT2D eigenvalue weighted by Crippen LogP contribution is 2.33. The smallest absolute Gasteiger partial charge is 0.264 e. The molecule has 0 fully saturated rings. The van der Waals surface area contributed by atoms with Crippen LogP contribution in [0.1, 0.15) is 37.0 Å². The van der Waals surface area contributed by atoms with Gasteiger partial charge in [-0.2, -0.15) is 0 Å². The van der Waals surface area contributed by atoms with E-state index in [9.17, 15) is 22.4 Å². The van der Waals surface area contributed by atoms with Gasteiger partial charge in [-0.3, -0.25) is 13.9 Å². The number of ether oxygens (including phenoxy) is 2. The van der Waals surface area contributed by atoms with E-state index in [0.29, 0.717) is 18.7 Å². The molecule has 3 aromatic rings. The molecule has 9 nitrogen and oxygen atoms in total. The van der Waals surface area contributed by atoms with Gasteiger partial charge in [0.2, 0.25) is 11.8 Å². The minimum Gasteiger partial charge on any atom is -0.493 e. The number of carbonyl (C=O) groups is 2. The van der Waals surface area contributed by atoms with Crippen molar-refractivity contribution < 1.29 is 31.9 Å². The lowest BCUT2D eigenvalue weighted by Gasteiger charge is -2.32. The van der Waals surface area contributed by atoms with Gasteiger partial charge in [0.05, 0.1) is 24.8 Å². The lowest BCUT2D eigenvalue weighted by molar-refractivity contribution is -0.139. The molecule has 11 heteroatoms. The summed E-state index contributed by atoms with van der Waals surface area (Å²) in [6, 6.07) is 14.3. The summed E-state index contributed by atoms with van der Waals surface area (Å²) in [4.78, 5) is 28.0. The van der Waals surface area contributed by atoms with E-state index in [0.717, 1.165) is 15.4 Å². The first kappa shape index (κ1) is 32.4. The molecule has 0 spiro atoms. The van der Waals surface area contributed by atoms with E-state index in [2.05, 4.69) is 5.32 Å². The third-order valence-corrected chi connectivity index (χ3v) is 8.50. The molecule has 0 heterocycles. The molecule has 0 saturated carbocycles. The Bertz CT molecular complexity index is 1510. The average Bonchev–Trinajstić information content (AvgIpc) is 2.96. The fourth-order valence-electron chi connectivity index (χ4n) is 4.52. The van der Waals surface area contributed by atoms with Crippen molar-refractivity contribution in [3.63, 3.8) is 0 Å². The molecule has 0 aromatic heterocycles. The average molecular weight is 600 g/mol. The summed E-state index contributed by atoms with van der Waals surface area (Å²) in [5.41, 5.74) is 2.05. The number of hydrogen-bond donors (Lipinski definition) is 1. The number of anilines is 1. The van der Waals surface area contributed by atoms with Crippen LogP contribution in [0.15, 0.2) is 65.6 Å². The van der Waals surface area contributed by atoms with Crippen molar-refractivity contribution in [1.29, 1.82) is 0 Å². The Morgan fingerprint density at radius 1 is 0.952 bits per heavy atom. The number of carbonyl (C=O) groups excluding carboxylic acids is 2. The van der Waals surface area contributed by atoms with Crippen molar-refractivity contribution >= 4 is 27.5 Å². The largest absolute Gasteiger partial charge is 0.493 e. The zero-order valence-electron chi connectivity index (χ0n) is 24.8. The first-order chi connectivity index (χ1) is 19.9. The zero-order valence-corrected chi connectivity index (χ0v) is 25.6. The molecule has 0 radical (unpaired) electrons. The Morgan fingerprint density at radius 3 is 2.19 bits per heavy atom. The van der Waals surface area contributed by atoms with Gasteiger partial charge in [0, 0.05) is 24.7 Å². The number of aryl methyl sites for hydroxylation is 2. The van der Waals surface area contributed by atoms with E-state index in [1.165, 1.54) is 62.4 Å². The second kappa shape index (κ2) is 14.2. The molecule has 0 aliphatic carbocycles. The van der Waals surface area contributed by atoms with Crippen LogP contribution in [0.25, 0.3) is 0 Å². The third-order valence-electron chi connectivity index (χ3n) is 6.73. The van der Waals surface area contributed by atoms with E-state index in [4.69, 9.17) is 9.47 Å². The normalized spacial score (nSPS) is 11.9. The maximum Gasteiger partial charge on any atom is 0.264 e. The van der Waals surface area contributed by atoms with E-state index < -0.39 is 40.2 Å². The lowest BCUT2D eigenvalue weighted by Crippen LogP contribution is -2.51. The van der Waals surface area contributed by atoms with E-state index in [1.807, 2.05) is 26.8 Å². The van der Waals surface area contributed by atoms with Crippen LogP contribution in [-0.4, -0.2) is 58.5 Å². The highest BCUT2D eigenvalue weighted by atomic mass is 32.2. The minimum atomic E-state index is -4.34. The predicted octanol–water partition coefficient (Wildman–Crippen LogP) is 4.60. The molecule has 0 bridgehead atoms. The van der Waals surface area contributed by atoms with Gasteiger partial charge in [-0.05, 0) is 68.7 Å². The van der Waals surface area contributed by atoms with Crippen LogP contribution >= 0.6 is 0 Å². The monoisotopic (exact) mass is 599 g/mol. The van der Waals surface area contributed by atoms with Crippen LogP contribution in [0.4, 0.5) is 10.1 Å². The molecule has 3 rings (SSSR count). The summed E-state index contributed by atoms with van der Waals surface area (Å²) in [7, 11) is -1.51. The van der Waals surface area contributed by atoms with E-state index >= 15 is 0 Å². The van der Waals surface area contributed by atoms with Gasteiger partial charge in [0.1, 0.15) is 18.4 Å². The number of nitrogens with zero attached hydrogens (tertiary/aromatic N) is 2. The van der Waals surface area contributed by atoms with Crippen molar-refractivity contribution in [2.75, 3.05) is 31.6 Å². The van der Waals surface area contributed by atoms with E-state index in [1.54, 1.807) is 18.2 Å².